The molecule has 1 saturated heterocycles. The molecule has 1 fully saturated rings. The second-order valence-electron chi connectivity index (χ2n) is 3.86. The molecule has 5 atom stereocenters. The Hall–Kier alpha value is -1.42. The first-order valence-electron chi connectivity index (χ1n) is 5.04. The molecule has 10 nitrogen and oxygen atoms in total. The Morgan fingerprint density at radius 3 is 2.61 bits per heavy atom. The number of hydrogen-bond acceptors (Lipinski definition) is 7. The number of nitrogens with zero attached hydrogens (tertiary/aromatic N) is 3. The summed E-state index contributed by atoms with van der Waals surface area (Å²) in [6.07, 6.45) is -5.22. The minimum absolute atomic E-state index is 0.561. The minimum Gasteiger partial charge on any atom is -0.393 e. The number of aliphatic hydroxyl groups is 4. The zero-order chi connectivity index (χ0) is 13.9. The van der Waals surface area contributed by atoms with E-state index in [-0.39, 0.29) is 0 Å². The lowest BCUT2D eigenvalue weighted by atomic mass is 9.93. The summed E-state index contributed by atoms with van der Waals surface area (Å²) in [5.41, 5.74) is 6.15. The third-order valence-electron chi connectivity index (χ3n) is 2.60. The van der Waals surface area contributed by atoms with Crippen molar-refractivity contribution in [2.75, 3.05) is 6.61 Å². The first-order valence-corrected chi connectivity index (χ1v) is 5.04. The van der Waals surface area contributed by atoms with Gasteiger partial charge in [-0.1, -0.05) is 5.11 Å². The highest BCUT2D eigenvalue weighted by Gasteiger charge is 2.53. The molecule has 1 rings (SSSR count). The summed E-state index contributed by atoms with van der Waals surface area (Å²) in [6, 6.07) is -1.30. The molecular weight excluding hydrogens is 248 g/mol. The van der Waals surface area contributed by atoms with Crippen LogP contribution in [0.5, 0.6) is 0 Å². The van der Waals surface area contributed by atoms with Crippen LogP contribution in [0.3, 0.4) is 0 Å². The van der Waals surface area contributed by atoms with E-state index in [1.807, 2.05) is 0 Å². The highest BCUT2D eigenvalue weighted by molar-refractivity contribution is 5.73. The third-order valence-corrected chi connectivity index (χ3v) is 2.60. The van der Waals surface area contributed by atoms with Crippen molar-refractivity contribution in [3.63, 3.8) is 0 Å². The minimum atomic E-state index is -2.19. The monoisotopic (exact) mass is 262 g/mol. The molecule has 0 bridgehead atoms. The summed E-state index contributed by atoms with van der Waals surface area (Å²) < 4.78 is 4.82. The molecule has 0 aromatic rings. The quantitative estimate of drug-likeness (QED) is 0.215. The summed E-state index contributed by atoms with van der Waals surface area (Å²) in [6.45, 7) is 0.201. The van der Waals surface area contributed by atoms with Gasteiger partial charge in [0.2, 0.25) is 11.6 Å². The number of aliphatic hydroxyl groups excluding tert-OH is 4. The fourth-order valence-electron chi connectivity index (χ4n) is 1.70. The van der Waals surface area contributed by atoms with Crippen LogP contribution >= 0.6 is 0 Å². The van der Waals surface area contributed by atoms with Crippen molar-refractivity contribution in [2.45, 2.75) is 37.2 Å². The molecule has 1 aliphatic rings. The zero-order valence-electron chi connectivity index (χ0n) is 9.46. The first-order chi connectivity index (χ1) is 8.38. The highest BCUT2D eigenvalue weighted by Crippen LogP contribution is 2.30. The van der Waals surface area contributed by atoms with Gasteiger partial charge in [0.15, 0.2) is 6.29 Å². The van der Waals surface area contributed by atoms with Gasteiger partial charge in [-0.2, -0.15) is 0 Å². The molecule has 0 aromatic heterocycles. The molecule has 0 spiro atoms. The maximum absolute atomic E-state index is 10.9. The molecule has 102 valence electrons. The number of rotatable bonds is 3. The van der Waals surface area contributed by atoms with E-state index < -0.39 is 42.8 Å². The van der Waals surface area contributed by atoms with E-state index in [9.17, 15) is 20.1 Å². The van der Waals surface area contributed by atoms with Crippen molar-refractivity contribution in [2.24, 2.45) is 5.11 Å². The van der Waals surface area contributed by atoms with Crippen LogP contribution in [0.2, 0.25) is 0 Å². The fraction of sp³-hybridized carbons (Fsp3) is 0.875. The van der Waals surface area contributed by atoms with E-state index >= 15 is 0 Å². The average Bonchev–Trinajstić information content (AvgIpc) is 2.31. The van der Waals surface area contributed by atoms with Crippen molar-refractivity contribution < 1.29 is 30.0 Å². The predicted molar refractivity (Wildman–Crippen MR) is 55.7 cm³/mol. The smallest absolute Gasteiger partial charge is 0.217 e. The van der Waals surface area contributed by atoms with Gasteiger partial charge >= 0.3 is 0 Å². The standard InChI is InChI=1S/C8H14N4O6/c1-3(14)10-4-5(15)6(16)8(2-13,11-12-9)18-7(4)17/h4-7,13,15-17H,2H2,1H3,(H,10,14)/t4-,5-,6+,7?,8-/m1/s1. The van der Waals surface area contributed by atoms with Gasteiger partial charge in [0.1, 0.15) is 18.2 Å². The van der Waals surface area contributed by atoms with Gasteiger partial charge in [0, 0.05) is 11.8 Å². The van der Waals surface area contributed by atoms with E-state index in [0.29, 0.717) is 0 Å². The normalized spacial score (nSPS) is 39.8. The summed E-state index contributed by atoms with van der Waals surface area (Å²) in [5.74, 6) is -0.561. The lowest BCUT2D eigenvalue weighted by Crippen LogP contribution is -2.68. The lowest BCUT2D eigenvalue weighted by molar-refractivity contribution is -0.298. The second-order valence-corrected chi connectivity index (χ2v) is 3.86. The van der Waals surface area contributed by atoms with E-state index in [1.54, 1.807) is 0 Å². The van der Waals surface area contributed by atoms with Crippen LogP contribution in [-0.2, 0) is 9.53 Å². The Balaban J connectivity index is 3.01. The van der Waals surface area contributed by atoms with Gasteiger partial charge < -0.3 is 30.5 Å². The highest BCUT2D eigenvalue weighted by atomic mass is 16.6. The molecule has 0 aliphatic carbocycles. The summed E-state index contributed by atoms with van der Waals surface area (Å²) in [5, 5.41) is 43.4. The van der Waals surface area contributed by atoms with Gasteiger partial charge in [0.05, 0.1) is 6.61 Å². The van der Waals surface area contributed by atoms with Gasteiger partial charge in [-0.15, -0.1) is 0 Å². The second kappa shape index (κ2) is 5.48. The fourth-order valence-corrected chi connectivity index (χ4v) is 1.70. The number of nitrogens with one attached hydrogen (secondary N) is 1. The van der Waals surface area contributed by atoms with Crippen LogP contribution in [0.4, 0.5) is 0 Å². The maximum atomic E-state index is 10.9. The van der Waals surface area contributed by atoms with Crippen molar-refractivity contribution in [1.29, 1.82) is 0 Å². The van der Waals surface area contributed by atoms with Crippen LogP contribution < -0.4 is 5.32 Å². The van der Waals surface area contributed by atoms with Gasteiger partial charge in [-0.3, -0.25) is 4.79 Å². The van der Waals surface area contributed by atoms with Crippen molar-refractivity contribution >= 4 is 5.91 Å². The Morgan fingerprint density at radius 1 is 1.56 bits per heavy atom. The zero-order valence-corrected chi connectivity index (χ0v) is 9.46. The Labute approximate surface area is 101 Å². The van der Waals surface area contributed by atoms with Crippen molar-refractivity contribution in [3.8, 4) is 0 Å². The Bertz CT molecular complexity index is 373. The number of amides is 1. The number of ether oxygens (including phenoxy) is 1. The van der Waals surface area contributed by atoms with E-state index in [1.165, 1.54) is 0 Å². The van der Waals surface area contributed by atoms with Crippen LogP contribution in [-0.4, -0.2) is 63.2 Å². The number of carbonyl (C=O) groups excluding carboxylic acids is 1. The Kier molecular flexibility index (Phi) is 4.46. The van der Waals surface area contributed by atoms with Crippen LogP contribution in [0.15, 0.2) is 5.11 Å². The number of hydrogen-bond donors (Lipinski definition) is 5. The third kappa shape index (κ3) is 2.53. The SMILES string of the molecule is CC(=O)N[C@H]1C(O)O[C@@](CO)(N=[N+]=[N-])[C@@H](O)[C@@H]1O. The first kappa shape index (κ1) is 14.6. The van der Waals surface area contributed by atoms with Gasteiger partial charge in [-0.05, 0) is 5.53 Å². The molecule has 1 heterocycles. The molecular formula is C8H14N4O6. The van der Waals surface area contributed by atoms with Gasteiger partial charge in [-0.25, -0.2) is 0 Å². The predicted octanol–water partition coefficient (Wildman–Crippen LogP) is -2.44. The number of carbonyl (C=O) groups is 1. The summed E-state index contributed by atoms with van der Waals surface area (Å²) >= 11 is 0. The molecule has 18 heavy (non-hydrogen) atoms. The summed E-state index contributed by atoms with van der Waals surface area (Å²) in [4.78, 5) is 13.2. The number of azide groups is 1. The lowest BCUT2D eigenvalue weighted by Gasteiger charge is -2.45. The summed E-state index contributed by atoms with van der Waals surface area (Å²) in [7, 11) is 0. The molecule has 5 N–H and O–H groups in total. The molecule has 0 aromatic carbocycles. The van der Waals surface area contributed by atoms with Crippen LogP contribution in [0, 0.1) is 0 Å². The maximum Gasteiger partial charge on any atom is 0.217 e. The van der Waals surface area contributed by atoms with Crippen LogP contribution in [0.1, 0.15) is 6.92 Å². The van der Waals surface area contributed by atoms with E-state index in [2.05, 4.69) is 15.3 Å². The van der Waals surface area contributed by atoms with E-state index in [4.69, 9.17) is 15.4 Å². The van der Waals surface area contributed by atoms with Crippen LogP contribution in [0.25, 0.3) is 10.4 Å². The Morgan fingerprint density at radius 2 is 2.17 bits per heavy atom. The van der Waals surface area contributed by atoms with Gasteiger partial charge in [0.25, 0.3) is 0 Å². The molecule has 0 radical (unpaired) electrons. The topological polar surface area (TPSA) is 168 Å². The molecule has 10 heteroatoms. The largest absolute Gasteiger partial charge is 0.393 e. The average molecular weight is 262 g/mol. The molecule has 1 aliphatic heterocycles. The van der Waals surface area contributed by atoms with E-state index in [0.717, 1.165) is 6.92 Å². The molecule has 1 unspecified atom stereocenters. The molecule has 1 amide bonds. The molecule has 0 saturated carbocycles. The van der Waals surface area contributed by atoms with Crippen molar-refractivity contribution in [3.05, 3.63) is 10.4 Å². The van der Waals surface area contributed by atoms with Crippen molar-refractivity contribution in [1.82, 2.24) is 5.32 Å².